The number of hydrogen-bond donors (Lipinski definition) is 1. The topological polar surface area (TPSA) is 133 Å². The third-order valence-corrected chi connectivity index (χ3v) is 11.8. The summed E-state index contributed by atoms with van der Waals surface area (Å²) in [5.41, 5.74) is 0.971. The minimum absolute atomic E-state index is 0.146. The Morgan fingerprint density at radius 1 is 0.786 bits per heavy atom. The minimum Gasteiger partial charge on any atom is -0.497 e. The van der Waals surface area contributed by atoms with Crippen molar-refractivity contribution in [3.05, 3.63) is 54.1 Å². The van der Waals surface area contributed by atoms with E-state index in [1.807, 2.05) is 20.8 Å². The molecule has 0 aliphatic carbocycles. The number of carbonyl (C=O) groups excluding carboxylic acids is 2. The Bertz CT molecular complexity index is 1460. The van der Waals surface area contributed by atoms with Gasteiger partial charge in [0.15, 0.2) is 0 Å². The van der Waals surface area contributed by atoms with Crippen LogP contribution in [-0.2, 0) is 29.6 Å². The largest absolute Gasteiger partial charge is 0.497 e. The predicted molar refractivity (Wildman–Crippen MR) is 158 cm³/mol. The SMILES string of the molecule is COc1ccc(S(=O)(=O)N2CCN(C(=O)C(NC(=O)C3CCN(S(=O)(=O)c4ccc(C)cc4)CC3)C(C)C)CC2)cc1. The van der Waals surface area contributed by atoms with E-state index in [2.05, 4.69) is 5.32 Å². The molecule has 1 atom stereocenters. The summed E-state index contributed by atoms with van der Waals surface area (Å²) in [6, 6.07) is 12.1. The highest BCUT2D eigenvalue weighted by molar-refractivity contribution is 7.89. The molecular formula is C29H40N4O7S2. The summed E-state index contributed by atoms with van der Waals surface area (Å²) in [6.07, 6.45) is 0.718. The standard InChI is InChI=1S/C29H40N4O7S2/c1-21(2)27(29(35)31-17-19-33(20-18-31)42(38,39)26-11-7-24(40-4)8-12-26)30-28(34)23-13-15-32(16-14-23)41(36,37)25-9-5-22(3)6-10-25/h5-12,21,23,27H,13-20H2,1-4H3,(H,30,34). The molecule has 2 saturated heterocycles. The van der Waals surface area contributed by atoms with Gasteiger partial charge in [-0.25, -0.2) is 16.8 Å². The molecule has 1 unspecified atom stereocenters. The lowest BCUT2D eigenvalue weighted by Gasteiger charge is -2.37. The van der Waals surface area contributed by atoms with E-state index in [-0.39, 0.29) is 66.8 Å². The van der Waals surface area contributed by atoms with Gasteiger partial charge in [0.2, 0.25) is 31.9 Å². The zero-order valence-electron chi connectivity index (χ0n) is 24.5. The molecule has 2 aromatic rings. The van der Waals surface area contributed by atoms with Crippen molar-refractivity contribution < 1.29 is 31.2 Å². The first-order valence-corrected chi connectivity index (χ1v) is 17.0. The van der Waals surface area contributed by atoms with Gasteiger partial charge in [-0.1, -0.05) is 31.5 Å². The molecule has 1 N–H and O–H groups in total. The highest BCUT2D eigenvalue weighted by Gasteiger charge is 2.37. The van der Waals surface area contributed by atoms with Gasteiger partial charge in [-0.15, -0.1) is 0 Å². The quantitative estimate of drug-likeness (QED) is 0.454. The third kappa shape index (κ3) is 6.96. The summed E-state index contributed by atoms with van der Waals surface area (Å²) in [6.45, 7) is 6.75. The predicted octanol–water partition coefficient (Wildman–Crippen LogP) is 2.08. The van der Waals surface area contributed by atoms with Crippen molar-refractivity contribution in [2.75, 3.05) is 46.4 Å². The number of sulfonamides is 2. The van der Waals surface area contributed by atoms with E-state index in [9.17, 15) is 26.4 Å². The van der Waals surface area contributed by atoms with Gasteiger partial charge >= 0.3 is 0 Å². The molecule has 230 valence electrons. The Morgan fingerprint density at radius 2 is 1.26 bits per heavy atom. The Hall–Kier alpha value is -3.00. The Labute approximate surface area is 248 Å². The number of ether oxygens (including phenoxy) is 1. The van der Waals surface area contributed by atoms with Crippen LogP contribution in [0.3, 0.4) is 0 Å². The first kappa shape index (κ1) is 31.9. The average Bonchev–Trinajstić information content (AvgIpc) is 2.99. The van der Waals surface area contributed by atoms with Gasteiger partial charge in [-0.3, -0.25) is 9.59 Å². The number of piperazine rings is 1. The normalized spacial score (nSPS) is 18.5. The molecule has 2 aromatic carbocycles. The van der Waals surface area contributed by atoms with Crippen LogP contribution in [-0.4, -0.2) is 94.6 Å². The van der Waals surface area contributed by atoms with Crippen molar-refractivity contribution in [2.45, 2.75) is 49.4 Å². The molecule has 2 fully saturated rings. The Kier molecular flexibility index (Phi) is 9.96. The van der Waals surface area contributed by atoms with Gasteiger partial charge in [0.1, 0.15) is 11.8 Å². The van der Waals surface area contributed by atoms with E-state index in [0.717, 1.165) is 5.56 Å². The van der Waals surface area contributed by atoms with Crippen LogP contribution in [0.1, 0.15) is 32.3 Å². The van der Waals surface area contributed by atoms with Gasteiger partial charge in [0.05, 0.1) is 16.9 Å². The molecule has 0 radical (unpaired) electrons. The number of aryl methyl sites for hydroxylation is 1. The maximum Gasteiger partial charge on any atom is 0.245 e. The van der Waals surface area contributed by atoms with E-state index in [4.69, 9.17) is 4.74 Å². The van der Waals surface area contributed by atoms with E-state index in [0.29, 0.717) is 18.6 Å². The number of carbonyl (C=O) groups is 2. The van der Waals surface area contributed by atoms with Crippen LogP contribution in [0.5, 0.6) is 5.75 Å². The smallest absolute Gasteiger partial charge is 0.245 e. The molecule has 0 bridgehead atoms. The summed E-state index contributed by atoms with van der Waals surface area (Å²) in [5, 5.41) is 2.91. The zero-order valence-corrected chi connectivity index (χ0v) is 26.2. The zero-order chi connectivity index (χ0) is 30.7. The minimum atomic E-state index is -3.72. The van der Waals surface area contributed by atoms with E-state index >= 15 is 0 Å². The van der Waals surface area contributed by atoms with Crippen LogP contribution < -0.4 is 10.1 Å². The second kappa shape index (κ2) is 13.1. The van der Waals surface area contributed by atoms with Crippen molar-refractivity contribution in [1.29, 1.82) is 0 Å². The van der Waals surface area contributed by atoms with E-state index in [1.54, 1.807) is 41.3 Å². The van der Waals surface area contributed by atoms with Gasteiger partial charge in [0.25, 0.3) is 0 Å². The highest BCUT2D eigenvalue weighted by atomic mass is 32.2. The number of piperidine rings is 1. The Morgan fingerprint density at radius 3 is 1.74 bits per heavy atom. The lowest BCUT2D eigenvalue weighted by Crippen LogP contribution is -2.58. The van der Waals surface area contributed by atoms with Crippen molar-refractivity contribution in [3.8, 4) is 5.75 Å². The molecule has 2 aliphatic rings. The average molecular weight is 621 g/mol. The lowest BCUT2D eigenvalue weighted by molar-refractivity contribution is -0.140. The third-order valence-electron chi connectivity index (χ3n) is 7.96. The molecule has 0 spiro atoms. The van der Waals surface area contributed by atoms with E-state index in [1.165, 1.54) is 27.9 Å². The lowest BCUT2D eigenvalue weighted by atomic mass is 9.95. The van der Waals surface area contributed by atoms with Crippen molar-refractivity contribution in [2.24, 2.45) is 11.8 Å². The fourth-order valence-corrected chi connectivity index (χ4v) is 8.14. The molecule has 0 aromatic heterocycles. The highest BCUT2D eigenvalue weighted by Crippen LogP contribution is 2.25. The molecule has 11 nitrogen and oxygen atoms in total. The Balaban J connectivity index is 1.32. The number of nitrogens with zero attached hydrogens (tertiary/aromatic N) is 3. The fourth-order valence-electron chi connectivity index (χ4n) is 5.24. The monoisotopic (exact) mass is 620 g/mol. The van der Waals surface area contributed by atoms with Crippen molar-refractivity contribution in [1.82, 2.24) is 18.8 Å². The van der Waals surface area contributed by atoms with Crippen molar-refractivity contribution in [3.63, 3.8) is 0 Å². The van der Waals surface area contributed by atoms with Crippen LogP contribution >= 0.6 is 0 Å². The van der Waals surface area contributed by atoms with Crippen molar-refractivity contribution >= 4 is 31.9 Å². The number of hydrogen-bond acceptors (Lipinski definition) is 7. The van der Waals surface area contributed by atoms with E-state index < -0.39 is 32.0 Å². The maximum absolute atomic E-state index is 13.5. The number of amides is 2. The van der Waals surface area contributed by atoms with Gasteiger partial charge in [-0.2, -0.15) is 8.61 Å². The summed E-state index contributed by atoms with van der Waals surface area (Å²) in [7, 11) is -5.85. The summed E-state index contributed by atoms with van der Waals surface area (Å²) < 4.78 is 60.1. The number of methoxy groups -OCH3 is 1. The second-order valence-electron chi connectivity index (χ2n) is 11.1. The molecular weight excluding hydrogens is 580 g/mol. The maximum atomic E-state index is 13.5. The van der Waals surface area contributed by atoms with Gasteiger partial charge in [0, 0.05) is 45.2 Å². The summed E-state index contributed by atoms with van der Waals surface area (Å²) in [5.74, 6) is -0.558. The van der Waals surface area contributed by atoms with Crippen LogP contribution in [0.25, 0.3) is 0 Å². The summed E-state index contributed by atoms with van der Waals surface area (Å²) in [4.78, 5) is 28.7. The molecule has 4 rings (SSSR count). The summed E-state index contributed by atoms with van der Waals surface area (Å²) >= 11 is 0. The number of rotatable bonds is 9. The van der Waals surface area contributed by atoms with Crippen LogP contribution in [0.15, 0.2) is 58.3 Å². The van der Waals surface area contributed by atoms with Crippen LogP contribution in [0.4, 0.5) is 0 Å². The fraction of sp³-hybridized carbons (Fsp3) is 0.517. The number of nitrogens with one attached hydrogen (secondary N) is 1. The molecule has 2 aliphatic heterocycles. The molecule has 42 heavy (non-hydrogen) atoms. The second-order valence-corrected chi connectivity index (χ2v) is 15.0. The molecule has 0 saturated carbocycles. The molecule has 2 amide bonds. The first-order chi connectivity index (χ1) is 19.8. The van der Waals surface area contributed by atoms with Gasteiger partial charge < -0.3 is 15.0 Å². The van der Waals surface area contributed by atoms with Gasteiger partial charge in [-0.05, 0) is 62.1 Å². The van der Waals surface area contributed by atoms with Crippen LogP contribution in [0.2, 0.25) is 0 Å². The van der Waals surface area contributed by atoms with Crippen LogP contribution in [0, 0.1) is 18.8 Å². The molecule has 13 heteroatoms. The molecule has 2 heterocycles. The first-order valence-electron chi connectivity index (χ1n) is 14.1. The number of benzene rings is 2.